The second kappa shape index (κ2) is 8.92. The Bertz CT molecular complexity index is 1010. The number of ether oxygens (including phenoxy) is 4. The van der Waals surface area contributed by atoms with Crippen LogP contribution in [0.4, 0.5) is 0 Å². The Morgan fingerprint density at radius 1 is 0.862 bits per heavy atom. The summed E-state index contributed by atoms with van der Waals surface area (Å²) in [5, 5.41) is 3.92. The van der Waals surface area contributed by atoms with Gasteiger partial charge in [-0.3, -0.25) is 0 Å². The van der Waals surface area contributed by atoms with Gasteiger partial charge in [-0.25, -0.2) is 9.59 Å². The van der Waals surface area contributed by atoms with Gasteiger partial charge >= 0.3 is 11.9 Å². The molecule has 0 bridgehead atoms. The van der Waals surface area contributed by atoms with Crippen LogP contribution in [0, 0.1) is 0 Å². The van der Waals surface area contributed by atoms with Crippen molar-refractivity contribution in [3.63, 3.8) is 0 Å². The number of hydrogen-bond acceptors (Lipinski definition) is 8. The van der Waals surface area contributed by atoms with Crippen LogP contribution in [0.2, 0.25) is 0 Å². The molecule has 1 heterocycles. The summed E-state index contributed by atoms with van der Waals surface area (Å²) in [7, 11) is 4.39. The first-order valence-corrected chi connectivity index (χ1v) is 8.59. The van der Waals surface area contributed by atoms with Gasteiger partial charge in [0.15, 0.2) is 17.3 Å². The summed E-state index contributed by atoms with van der Waals surface area (Å²) < 4.78 is 25.7. The zero-order chi connectivity index (χ0) is 20.8. The van der Waals surface area contributed by atoms with Crippen LogP contribution in [-0.4, -0.2) is 38.4 Å². The van der Waals surface area contributed by atoms with Crippen LogP contribution >= 0.6 is 0 Å². The average molecular weight is 397 g/mol. The molecule has 3 aromatic rings. The number of nitrogens with zero attached hydrogens (tertiary/aromatic N) is 1. The highest BCUT2D eigenvalue weighted by atomic mass is 16.5. The van der Waals surface area contributed by atoms with Crippen molar-refractivity contribution >= 4 is 11.9 Å². The summed E-state index contributed by atoms with van der Waals surface area (Å²) in [5.41, 5.74) is 1.85. The Balaban J connectivity index is 1.64. The number of methoxy groups -OCH3 is 3. The van der Waals surface area contributed by atoms with E-state index in [-0.39, 0.29) is 6.61 Å². The quantitative estimate of drug-likeness (QED) is 0.559. The predicted octanol–water partition coefficient (Wildman–Crippen LogP) is 3.50. The molecule has 0 saturated heterocycles. The minimum atomic E-state index is -0.544. The lowest BCUT2D eigenvalue weighted by molar-refractivity contribution is 0.0463. The molecule has 0 atom stereocenters. The van der Waals surface area contributed by atoms with E-state index < -0.39 is 11.9 Å². The largest absolute Gasteiger partial charge is 0.493 e. The number of aromatic nitrogens is 1. The number of benzene rings is 2. The van der Waals surface area contributed by atoms with Crippen molar-refractivity contribution in [2.24, 2.45) is 0 Å². The van der Waals surface area contributed by atoms with Gasteiger partial charge in [0.05, 0.1) is 32.5 Å². The molecule has 8 nitrogen and oxygen atoms in total. The molecule has 150 valence electrons. The molecule has 0 amide bonds. The van der Waals surface area contributed by atoms with E-state index in [1.165, 1.54) is 31.4 Å². The van der Waals surface area contributed by atoms with E-state index in [4.69, 9.17) is 18.7 Å². The fourth-order valence-electron chi connectivity index (χ4n) is 2.59. The van der Waals surface area contributed by atoms with E-state index in [2.05, 4.69) is 9.89 Å². The molecule has 2 aromatic carbocycles. The molecule has 0 unspecified atom stereocenters. The molecule has 0 spiro atoms. The molecule has 29 heavy (non-hydrogen) atoms. The zero-order valence-corrected chi connectivity index (χ0v) is 16.1. The summed E-state index contributed by atoms with van der Waals surface area (Å²) in [6.45, 7) is -0.0611. The van der Waals surface area contributed by atoms with Crippen molar-refractivity contribution in [3.05, 3.63) is 65.4 Å². The molecule has 0 aliphatic heterocycles. The van der Waals surface area contributed by atoms with Crippen LogP contribution in [0.15, 0.2) is 53.1 Å². The molecule has 0 aliphatic rings. The van der Waals surface area contributed by atoms with Gasteiger partial charge in [0.2, 0.25) is 0 Å². The van der Waals surface area contributed by atoms with Crippen molar-refractivity contribution < 1.29 is 33.1 Å². The van der Waals surface area contributed by atoms with E-state index in [1.54, 1.807) is 38.5 Å². The molecule has 1 aromatic heterocycles. The SMILES string of the molecule is COC(=O)c1ccc(C(=O)OCc2cc(-c3ccc(OC)c(OC)c3)on2)cc1. The van der Waals surface area contributed by atoms with Crippen molar-refractivity contribution in [1.82, 2.24) is 5.16 Å². The van der Waals surface area contributed by atoms with E-state index >= 15 is 0 Å². The number of rotatable bonds is 7. The molecule has 0 saturated carbocycles. The van der Waals surface area contributed by atoms with Gasteiger partial charge in [0.1, 0.15) is 12.3 Å². The second-order valence-corrected chi connectivity index (χ2v) is 5.90. The molecule has 0 radical (unpaired) electrons. The summed E-state index contributed by atoms with van der Waals surface area (Å²) in [4.78, 5) is 23.6. The van der Waals surface area contributed by atoms with E-state index in [9.17, 15) is 9.59 Å². The summed E-state index contributed by atoms with van der Waals surface area (Å²) in [6.07, 6.45) is 0. The van der Waals surface area contributed by atoms with Crippen LogP contribution in [0.1, 0.15) is 26.4 Å². The Labute approximate surface area is 166 Å². The van der Waals surface area contributed by atoms with Gasteiger partial charge in [-0.15, -0.1) is 0 Å². The lowest BCUT2D eigenvalue weighted by Gasteiger charge is -2.07. The Kier molecular flexibility index (Phi) is 6.13. The van der Waals surface area contributed by atoms with E-state index in [0.717, 1.165) is 5.56 Å². The first-order chi connectivity index (χ1) is 14.0. The van der Waals surface area contributed by atoms with Crippen LogP contribution in [0.3, 0.4) is 0 Å². The van der Waals surface area contributed by atoms with Gasteiger partial charge in [-0.05, 0) is 42.5 Å². The molecule has 0 N–H and O–H groups in total. The maximum absolute atomic E-state index is 12.2. The van der Waals surface area contributed by atoms with Gasteiger partial charge in [-0.2, -0.15) is 0 Å². The Morgan fingerprint density at radius 3 is 2.14 bits per heavy atom. The maximum atomic E-state index is 12.2. The summed E-state index contributed by atoms with van der Waals surface area (Å²) >= 11 is 0. The normalized spacial score (nSPS) is 10.3. The average Bonchev–Trinajstić information content (AvgIpc) is 3.25. The Hall–Kier alpha value is -3.81. The third kappa shape index (κ3) is 4.55. The predicted molar refractivity (Wildman–Crippen MR) is 102 cm³/mol. The number of hydrogen-bond donors (Lipinski definition) is 0. The minimum Gasteiger partial charge on any atom is -0.493 e. The van der Waals surface area contributed by atoms with Crippen molar-refractivity contribution in [2.45, 2.75) is 6.61 Å². The second-order valence-electron chi connectivity index (χ2n) is 5.90. The van der Waals surface area contributed by atoms with E-state index in [1.807, 2.05) is 0 Å². The van der Waals surface area contributed by atoms with Gasteiger partial charge in [0, 0.05) is 11.6 Å². The molecule has 3 rings (SSSR count). The highest BCUT2D eigenvalue weighted by Gasteiger charge is 2.14. The van der Waals surface area contributed by atoms with Crippen LogP contribution in [0.5, 0.6) is 11.5 Å². The monoisotopic (exact) mass is 397 g/mol. The first-order valence-electron chi connectivity index (χ1n) is 8.59. The Morgan fingerprint density at radius 2 is 1.52 bits per heavy atom. The summed E-state index contributed by atoms with van der Waals surface area (Å²) in [5.74, 6) is 0.639. The molecular weight excluding hydrogens is 378 g/mol. The van der Waals surface area contributed by atoms with Crippen LogP contribution in [0.25, 0.3) is 11.3 Å². The highest BCUT2D eigenvalue weighted by molar-refractivity contribution is 5.93. The third-order valence-electron chi connectivity index (χ3n) is 4.12. The van der Waals surface area contributed by atoms with Crippen LogP contribution in [-0.2, 0) is 16.1 Å². The van der Waals surface area contributed by atoms with Crippen LogP contribution < -0.4 is 9.47 Å². The highest BCUT2D eigenvalue weighted by Crippen LogP contribution is 2.32. The standard InChI is InChI=1S/C21H19NO7/c1-25-17-9-8-15(10-19(17)26-2)18-11-16(22-29-18)12-28-21(24)14-6-4-13(5-7-14)20(23)27-3/h4-11H,12H2,1-3H3. The molecule has 8 heteroatoms. The van der Waals surface area contributed by atoms with Crippen molar-refractivity contribution in [1.29, 1.82) is 0 Å². The number of carbonyl (C=O) groups is 2. The molecule has 0 aliphatic carbocycles. The zero-order valence-electron chi connectivity index (χ0n) is 16.1. The fourth-order valence-corrected chi connectivity index (χ4v) is 2.59. The molecular formula is C21H19NO7. The number of esters is 2. The fraction of sp³-hybridized carbons (Fsp3) is 0.190. The smallest absolute Gasteiger partial charge is 0.338 e. The van der Waals surface area contributed by atoms with E-state index in [0.29, 0.717) is 34.1 Å². The minimum absolute atomic E-state index is 0.0611. The van der Waals surface area contributed by atoms with Crippen molar-refractivity contribution in [3.8, 4) is 22.8 Å². The third-order valence-corrected chi connectivity index (χ3v) is 4.12. The van der Waals surface area contributed by atoms with Gasteiger partial charge in [-0.1, -0.05) is 5.16 Å². The number of carbonyl (C=O) groups excluding carboxylic acids is 2. The van der Waals surface area contributed by atoms with Gasteiger partial charge < -0.3 is 23.5 Å². The van der Waals surface area contributed by atoms with Gasteiger partial charge in [0.25, 0.3) is 0 Å². The topological polar surface area (TPSA) is 97.1 Å². The lowest BCUT2D eigenvalue weighted by Crippen LogP contribution is -2.07. The first kappa shape index (κ1) is 19.9. The summed E-state index contributed by atoms with van der Waals surface area (Å²) in [6, 6.07) is 13.0. The van der Waals surface area contributed by atoms with Crippen molar-refractivity contribution in [2.75, 3.05) is 21.3 Å². The molecule has 0 fully saturated rings. The maximum Gasteiger partial charge on any atom is 0.338 e. The lowest BCUT2D eigenvalue weighted by atomic mass is 10.1.